The average molecular weight is 246 g/mol. The number of halogens is 6. The van der Waals surface area contributed by atoms with Crippen LogP contribution in [-0.2, 0) is 6.18 Å². The lowest BCUT2D eigenvalue weighted by Crippen LogP contribution is -2.12. The van der Waals surface area contributed by atoms with Gasteiger partial charge >= 0.3 is 6.18 Å². The summed E-state index contributed by atoms with van der Waals surface area (Å²) in [5, 5.41) is -0.777. The molecule has 0 spiro atoms. The van der Waals surface area contributed by atoms with Crippen LogP contribution >= 0.6 is 11.6 Å². The van der Waals surface area contributed by atoms with Crippen LogP contribution in [0.1, 0.15) is 23.2 Å². The van der Waals surface area contributed by atoms with E-state index in [1.807, 2.05) is 0 Å². The van der Waals surface area contributed by atoms with Gasteiger partial charge in [-0.2, -0.15) is 13.2 Å². The fraction of sp³-hybridized carbons (Fsp3) is 0.375. The van der Waals surface area contributed by atoms with Crippen molar-refractivity contribution < 1.29 is 22.0 Å². The van der Waals surface area contributed by atoms with E-state index < -0.39 is 28.8 Å². The third-order valence-corrected chi connectivity index (χ3v) is 2.20. The molecule has 0 aliphatic carbocycles. The summed E-state index contributed by atoms with van der Waals surface area (Å²) >= 11 is 5.31. The Morgan fingerprint density at radius 1 is 1.33 bits per heavy atom. The monoisotopic (exact) mass is 245 g/mol. The minimum Gasteiger partial charge on any atom is -0.260 e. The Morgan fingerprint density at radius 2 is 1.87 bits per heavy atom. The highest BCUT2D eigenvalue weighted by molar-refractivity contribution is 6.32. The molecule has 0 radical (unpaired) electrons. The van der Waals surface area contributed by atoms with Gasteiger partial charge in [-0.15, -0.1) is 0 Å². The number of aromatic nitrogens is 1. The van der Waals surface area contributed by atoms with Crippen LogP contribution in [0.5, 0.6) is 0 Å². The molecule has 0 atom stereocenters. The van der Waals surface area contributed by atoms with Gasteiger partial charge in [-0.1, -0.05) is 11.6 Å². The standard InChI is InChI=1S/C8H5ClF5N/c1-3-6(9)5(8(12,13)14)4(2-15-3)7(10)11/h2,7H,1H3. The minimum atomic E-state index is -4.91. The third kappa shape index (κ3) is 2.37. The zero-order valence-electron chi connectivity index (χ0n) is 7.37. The van der Waals surface area contributed by atoms with Gasteiger partial charge in [0, 0.05) is 11.8 Å². The van der Waals surface area contributed by atoms with Gasteiger partial charge in [-0.25, -0.2) is 8.78 Å². The van der Waals surface area contributed by atoms with Crippen LogP contribution in [0.15, 0.2) is 6.20 Å². The molecule has 1 aromatic rings. The van der Waals surface area contributed by atoms with E-state index in [4.69, 9.17) is 11.6 Å². The van der Waals surface area contributed by atoms with Crippen LogP contribution < -0.4 is 0 Å². The summed E-state index contributed by atoms with van der Waals surface area (Å²) in [6.07, 6.45) is -7.67. The van der Waals surface area contributed by atoms with Crippen LogP contribution in [-0.4, -0.2) is 4.98 Å². The Morgan fingerprint density at radius 3 is 2.27 bits per heavy atom. The Hall–Kier alpha value is -0.910. The molecule has 7 heteroatoms. The molecule has 0 N–H and O–H groups in total. The second-order valence-corrected chi connectivity index (χ2v) is 3.16. The van der Waals surface area contributed by atoms with Crippen molar-refractivity contribution >= 4 is 11.6 Å². The van der Waals surface area contributed by atoms with E-state index in [1.54, 1.807) is 0 Å². The van der Waals surface area contributed by atoms with Gasteiger partial charge in [0.25, 0.3) is 6.43 Å². The average Bonchev–Trinajstić information content (AvgIpc) is 2.06. The molecule has 1 rings (SSSR count). The van der Waals surface area contributed by atoms with E-state index in [2.05, 4.69) is 4.98 Å². The molecule has 0 amide bonds. The van der Waals surface area contributed by atoms with Crippen LogP contribution in [0.3, 0.4) is 0 Å². The second kappa shape index (κ2) is 3.92. The largest absolute Gasteiger partial charge is 0.418 e. The second-order valence-electron chi connectivity index (χ2n) is 2.79. The maximum absolute atomic E-state index is 12.4. The lowest BCUT2D eigenvalue weighted by Gasteiger charge is -2.14. The molecule has 0 aliphatic heterocycles. The van der Waals surface area contributed by atoms with Gasteiger partial charge in [0.05, 0.1) is 16.3 Å². The summed E-state index contributed by atoms with van der Waals surface area (Å²) in [4.78, 5) is 3.36. The number of nitrogens with zero attached hydrogens (tertiary/aromatic N) is 1. The lowest BCUT2D eigenvalue weighted by atomic mass is 10.1. The van der Waals surface area contributed by atoms with E-state index in [-0.39, 0.29) is 5.69 Å². The van der Waals surface area contributed by atoms with Crippen LogP contribution in [0.25, 0.3) is 0 Å². The van der Waals surface area contributed by atoms with Crippen molar-refractivity contribution in [1.82, 2.24) is 4.98 Å². The SMILES string of the molecule is Cc1ncc(C(F)F)c(C(F)(F)F)c1Cl. The topological polar surface area (TPSA) is 12.9 Å². The predicted octanol–water partition coefficient (Wildman–Crippen LogP) is 4.00. The van der Waals surface area contributed by atoms with Crippen molar-refractivity contribution in [3.8, 4) is 0 Å². The highest BCUT2D eigenvalue weighted by Gasteiger charge is 2.39. The number of hydrogen-bond acceptors (Lipinski definition) is 1. The van der Waals surface area contributed by atoms with Crippen molar-refractivity contribution in [2.45, 2.75) is 19.5 Å². The van der Waals surface area contributed by atoms with Gasteiger partial charge in [0.1, 0.15) is 0 Å². The summed E-state index contributed by atoms with van der Waals surface area (Å²) in [7, 11) is 0. The molecule has 0 saturated heterocycles. The number of alkyl halides is 5. The van der Waals surface area contributed by atoms with Crippen molar-refractivity contribution in [2.75, 3.05) is 0 Å². The highest BCUT2D eigenvalue weighted by atomic mass is 35.5. The van der Waals surface area contributed by atoms with Gasteiger partial charge in [-0.05, 0) is 6.92 Å². The number of rotatable bonds is 1. The van der Waals surface area contributed by atoms with Gasteiger partial charge in [-0.3, -0.25) is 4.98 Å². The third-order valence-electron chi connectivity index (χ3n) is 1.74. The summed E-state index contributed by atoms with van der Waals surface area (Å²) in [5.74, 6) is 0. The molecule has 0 unspecified atom stereocenters. The Labute approximate surface area is 86.9 Å². The maximum Gasteiger partial charge on any atom is 0.418 e. The lowest BCUT2D eigenvalue weighted by molar-refractivity contribution is -0.139. The number of hydrogen-bond donors (Lipinski definition) is 0. The first-order chi connectivity index (χ1) is 6.75. The van der Waals surface area contributed by atoms with Crippen LogP contribution in [0.2, 0.25) is 5.02 Å². The fourth-order valence-corrected chi connectivity index (χ4v) is 1.31. The van der Waals surface area contributed by atoms with E-state index in [0.29, 0.717) is 6.20 Å². The van der Waals surface area contributed by atoms with Gasteiger partial charge in [0.2, 0.25) is 0 Å². The van der Waals surface area contributed by atoms with Crippen LogP contribution in [0.4, 0.5) is 22.0 Å². The smallest absolute Gasteiger partial charge is 0.260 e. The Kier molecular flexibility index (Phi) is 3.18. The number of aryl methyl sites for hydroxylation is 1. The minimum absolute atomic E-state index is 0.131. The normalized spacial score (nSPS) is 12.3. The van der Waals surface area contributed by atoms with Crippen LogP contribution in [0, 0.1) is 6.92 Å². The van der Waals surface area contributed by atoms with E-state index in [9.17, 15) is 22.0 Å². The molecule has 15 heavy (non-hydrogen) atoms. The first kappa shape index (κ1) is 12.2. The van der Waals surface area contributed by atoms with Gasteiger partial charge in [0.15, 0.2) is 0 Å². The summed E-state index contributed by atoms with van der Waals surface area (Å²) in [5.41, 5.74) is -2.84. The zero-order valence-corrected chi connectivity index (χ0v) is 8.13. The fourth-order valence-electron chi connectivity index (χ4n) is 1.05. The van der Waals surface area contributed by atoms with Crippen molar-refractivity contribution in [2.24, 2.45) is 0 Å². The molecule has 1 heterocycles. The molecule has 84 valence electrons. The van der Waals surface area contributed by atoms with Crippen molar-refractivity contribution in [3.05, 3.63) is 28.0 Å². The molecule has 0 saturated carbocycles. The van der Waals surface area contributed by atoms with Gasteiger partial charge < -0.3 is 0 Å². The number of pyridine rings is 1. The first-order valence-electron chi connectivity index (χ1n) is 3.75. The molecular formula is C8H5ClF5N. The predicted molar refractivity (Wildman–Crippen MR) is 43.9 cm³/mol. The van der Waals surface area contributed by atoms with E-state index in [0.717, 1.165) is 0 Å². The van der Waals surface area contributed by atoms with Crippen molar-refractivity contribution in [1.29, 1.82) is 0 Å². The summed E-state index contributed by atoms with van der Waals surface area (Å²) in [6, 6.07) is 0. The molecule has 1 aromatic heterocycles. The van der Waals surface area contributed by atoms with E-state index in [1.165, 1.54) is 6.92 Å². The summed E-state index contributed by atoms with van der Waals surface area (Å²) < 4.78 is 61.8. The Balaban J connectivity index is 3.49. The molecule has 0 aromatic carbocycles. The molecule has 1 nitrogen and oxygen atoms in total. The molecule has 0 fully saturated rings. The maximum atomic E-state index is 12.4. The zero-order chi connectivity index (χ0) is 11.8. The first-order valence-corrected chi connectivity index (χ1v) is 4.13. The summed E-state index contributed by atoms with van der Waals surface area (Å²) in [6.45, 7) is 1.22. The highest BCUT2D eigenvalue weighted by Crippen LogP contribution is 2.41. The molecule has 0 bridgehead atoms. The van der Waals surface area contributed by atoms with E-state index >= 15 is 0 Å². The molecular weight excluding hydrogens is 241 g/mol. The Bertz CT molecular complexity index is 374. The van der Waals surface area contributed by atoms with Crippen molar-refractivity contribution in [3.63, 3.8) is 0 Å². The quantitative estimate of drug-likeness (QED) is 0.682. The molecule has 0 aliphatic rings.